The molecule has 2 aromatic heterocycles. The molecule has 0 unspecified atom stereocenters. The third-order valence-electron chi connectivity index (χ3n) is 1.85. The van der Waals surface area contributed by atoms with Crippen molar-refractivity contribution in [3.63, 3.8) is 0 Å². The number of nitrogens with zero attached hydrogens (tertiary/aromatic N) is 3. The van der Waals surface area contributed by atoms with E-state index in [1.165, 1.54) is 0 Å². The van der Waals surface area contributed by atoms with Crippen LogP contribution in [-0.4, -0.2) is 14.6 Å². The van der Waals surface area contributed by atoms with Crippen molar-refractivity contribution in [2.24, 2.45) is 0 Å². The second-order valence-corrected chi connectivity index (χ2v) is 3.43. The van der Waals surface area contributed by atoms with Gasteiger partial charge < -0.3 is 0 Å². The summed E-state index contributed by atoms with van der Waals surface area (Å²) in [7, 11) is 0. The number of hydrogen-bond donors (Lipinski definition) is 0. The van der Waals surface area contributed by atoms with Crippen LogP contribution in [0, 0.1) is 0 Å². The second-order valence-electron chi connectivity index (χ2n) is 2.66. The number of aryl methyl sites for hydroxylation is 1. The van der Waals surface area contributed by atoms with E-state index in [1.807, 2.05) is 6.92 Å². The lowest BCUT2D eigenvalue weighted by Crippen LogP contribution is -1.93. The van der Waals surface area contributed by atoms with Gasteiger partial charge in [-0.2, -0.15) is 5.10 Å². The molecule has 68 valence electrons. The summed E-state index contributed by atoms with van der Waals surface area (Å²) in [6.07, 6.45) is 2.62. The van der Waals surface area contributed by atoms with Crippen LogP contribution in [0.1, 0.15) is 12.5 Å². The van der Waals surface area contributed by atoms with Crippen LogP contribution in [0.3, 0.4) is 0 Å². The van der Waals surface area contributed by atoms with Crippen LogP contribution in [0.25, 0.3) is 5.65 Å². The summed E-state index contributed by atoms with van der Waals surface area (Å²) < 4.78 is 1.58. The summed E-state index contributed by atoms with van der Waals surface area (Å²) in [5.41, 5.74) is 1.78. The first-order valence-corrected chi connectivity index (χ1v) is 4.66. The Hall–Kier alpha value is -0.800. The zero-order valence-corrected chi connectivity index (χ0v) is 8.47. The Morgan fingerprint density at radius 3 is 3.00 bits per heavy atom. The van der Waals surface area contributed by atoms with E-state index in [0.717, 1.165) is 17.6 Å². The first-order chi connectivity index (χ1) is 6.22. The largest absolute Gasteiger partial charge is 0.216 e. The van der Waals surface area contributed by atoms with Crippen molar-refractivity contribution in [3.05, 3.63) is 28.1 Å². The lowest BCUT2D eigenvalue weighted by molar-refractivity contribution is 0.940. The Kier molecular flexibility index (Phi) is 2.14. The maximum absolute atomic E-state index is 5.91. The lowest BCUT2D eigenvalue weighted by atomic mass is 10.3. The Labute approximate surface area is 85.3 Å². The maximum Gasteiger partial charge on any atom is 0.161 e. The highest BCUT2D eigenvalue weighted by Crippen LogP contribution is 2.18. The van der Waals surface area contributed by atoms with E-state index in [0.29, 0.717) is 10.3 Å². The van der Waals surface area contributed by atoms with E-state index < -0.39 is 0 Å². The van der Waals surface area contributed by atoms with Gasteiger partial charge >= 0.3 is 0 Å². The van der Waals surface area contributed by atoms with Crippen molar-refractivity contribution in [1.82, 2.24) is 14.6 Å². The number of hydrogen-bond acceptors (Lipinski definition) is 2. The third kappa shape index (κ3) is 1.38. The highest BCUT2D eigenvalue weighted by Gasteiger charge is 2.07. The van der Waals surface area contributed by atoms with Crippen molar-refractivity contribution in [2.45, 2.75) is 13.3 Å². The maximum atomic E-state index is 5.91. The molecule has 3 nitrogen and oxygen atoms in total. The van der Waals surface area contributed by atoms with E-state index in [-0.39, 0.29) is 0 Å². The van der Waals surface area contributed by atoms with Gasteiger partial charge in [0.15, 0.2) is 5.65 Å². The van der Waals surface area contributed by atoms with Crippen LogP contribution in [0.15, 0.2) is 12.3 Å². The Morgan fingerprint density at radius 2 is 2.31 bits per heavy atom. The molecule has 0 saturated heterocycles. The summed E-state index contributed by atoms with van der Waals surface area (Å²) in [5, 5.41) is 4.97. The number of fused-ring (bicyclic) bond motifs is 1. The summed E-state index contributed by atoms with van der Waals surface area (Å²) in [5.74, 6) is 0. The minimum absolute atomic E-state index is 0.396. The van der Waals surface area contributed by atoms with Gasteiger partial charge in [-0.05, 0) is 6.42 Å². The number of rotatable bonds is 1. The highest BCUT2D eigenvalue weighted by atomic mass is 35.5. The van der Waals surface area contributed by atoms with Crippen LogP contribution in [-0.2, 0) is 6.42 Å². The topological polar surface area (TPSA) is 30.2 Å². The van der Waals surface area contributed by atoms with Gasteiger partial charge in [0.2, 0.25) is 0 Å². The molecule has 0 saturated carbocycles. The Morgan fingerprint density at radius 1 is 1.54 bits per heavy atom. The quantitative estimate of drug-likeness (QED) is 0.688. The molecular weight excluding hydrogens is 211 g/mol. The average Bonchev–Trinajstić information content (AvgIpc) is 2.47. The monoisotopic (exact) mass is 217 g/mol. The van der Waals surface area contributed by atoms with E-state index in [4.69, 9.17) is 23.2 Å². The standard InChI is InChI=1S/C8H7Cl2N3/c1-2-5-4-11-13-7(10)3-6(9)12-8(5)13/h3-4H,2H2,1H3/i3+2. The minimum Gasteiger partial charge on any atom is -0.216 e. The summed E-state index contributed by atoms with van der Waals surface area (Å²) >= 11 is 11.7. The molecule has 0 bridgehead atoms. The van der Waals surface area contributed by atoms with Crippen LogP contribution >= 0.6 is 23.2 Å². The van der Waals surface area contributed by atoms with Gasteiger partial charge in [0.25, 0.3) is 0 Å². The number of aromatic nitrogens is 3. The van der Waals surface area contributed by atoms with Gasteiger partial charge in [-0.25, -0.2) is 9.50 Å². The molecule has 0 amide bonds. The lowest BCUT2D eigenvalue weighted by Gasteiger charge is -1.97. The van der Waals surface area contributed by atoms with Crippen LogP contribution in [0.4, 0.5) is 0 Å². The molecule has 0 aliphatic carbocycles. The molecule has 2 aromatic rings. The summed E-state index contributed by atoms with van der Waals surface area (Å²) in [6, 6.07) is 1.57. The van der Waals surface area contributed by atoms with Crippen molar-refractivity contribution < 1.29 is 0 Å². The molecule has 0 spiro atoms. The minimum atomic E-state index is 0.396. The van der Waals surface area contributed by atoms with E-state index in [9.17, 15) is 0 Å². The van der Waals surface area contributed by atoms with E-state index >= 15 is 0 Å². The van der Waals surface area contributed by atoms with Gasteiger partial charge in [-0.15, -0.1) is 0 Å². The molecular formula is C8H7Cl2N3. The summed E-state index contributed by atoms with van der Waals surface area (Å²) in [6.45, 7) is 2.04. The fourth-order valence-electron chi connectivity index (χ4n) is 1.19. The molecule has 0 radical (unpaired) electrons. The first-order valence-electron chi connectivity index (χ1n) is 3.91. The average molecular weight is 218 g/mol. The van der Waals surface area contributed by atoms with Gasteiger partial charge in [0, 0.05) is 11.6 Å². The predicted octanol–water partition coefficient (Wildman–Crippen LogP) is 2.60. The molecule has 5 heteroatoms. The molecule has 0 aliphatic heterocycles. The molecule has 2 heterocycles. The Balaban J connectivity index is 2.82. The molecule has 13 heavy (non-hydrogen) atoms. The SMILES string of the molecule is CCc1cnn2c(Cl)[14cH]c(Cl)nc12. The first kappa shape index (κ1) is 8.78. The molecule has 0 aromatic carbocycles. The third-order valence-corrected chi connectivity index (χ3v) is 2.31. The van der Waals surface area contributed by atoms with Gasteiger partial charge in [0.1, 0.15) is 10.3 Å². The van der Waals surface area contributed by atoms with Gasteiger partial charge in [0.05, 0.1) is 6.20 Å². The second kappa shape index (κ2) is 3.16. The highest BCUT2D eigenvalue weighted by molar-refractivity contribution is 6.33. The summed E-state index contributed by atoms with van der Waals surface area (Å²) in [4.78, 5) is 4.15. The molecule has 0 aliphatic rings. The van der Waals surface area contributed by atoms with Crippen LogP contribution in [0.2, 0.25) is 10.3 Å². The molecule has 0 fully saturated rings. The van der Waals surface area contributed by atoms with Gasteiger partial charge in [-0.3, -0.25) is 0 Å². The van der Waals surface area contributed by atoms with Crippen molar-refractivity contribution >= 4 is 28.8 Å². The molecule has 0 atom stereocenters. The fourth-order valence-corrected chi connectivity index (χ4v) is 1.66. The van der Waals surface area contributed by atoms with Crippen LogP contribution < -0.4 is 0 Å². The van der Waals surface area contributed by atoms with E-state index in [1.54, 1.807) is 16.8 Å². The van der Waals surface area contributed by atoms with Crippen molar-refractivity contribution in [3.8, 4) is 0 Å². The predicted molar refractivity (Wildman–Crippen MR) is 52.4 cm³/mol. The number of halogens is 2. The van der Waals surface area contributed by atoms with Crippen molar-refractivity contribution in [2.75, 3.05) is 0 Å². The van der Waals surface area contributed by atoms with E-state index in [2.05, 4.69) is 10.1 Å². The molecule has 0 N–H and O–H groups in total. The smallest absolute Gasteiger partial charge is 0.161 e. The fraction of sp³-hybridized carbons (Fsp3) is 0.250. The molecule has 2 rings (SSSR count). The normalized spacial score (nSPS) is 11.0. The van der Waals surface area contributed by atoms with Crippen LogP contribution in [0.5, 0.6) is 0 Å². The zero-order valence-electron chi connectivity index (χ0n) is 6.96. The van der Waals surface area contributed by atoms with Gasteiger partial charge in [-0.1, -0.05) is 30.1 Å². The van der Waals surface area contributed by atoms with Crippen molar-refractivity contribution in [1.29, 1.82) is 0 Å². The Bertz CT molecular complexity index is 450. The zero-order chi connectivity index (χ0) is 9.42.